The van der Waals surface area contributed by atoms with Crippen molar-refractivity contribution in [2.45, 2.75) is 52.5 Å². The zero-order valence-corrected chi connectivity index (χ0v) is 12.6. The molecule has 1 fully saturated rings. The maximum Gasteiger partial charge on any atom is 0.253 e. The van der Waals surface area contributed by atoms with Gasteiger partial charge in [-0.15, -0.1) is 0 Å². The molecule has 4 heteroatoms. The van der Waals surface area contributed by atoms with Gasteiger partial charge in [0.1, 0.15) is 0 Å². The second-order valence-corrected chi connectivity index (χ2v) is 6.62. The van der Waals surface area contributed by atoms with Crippen LogP contribution in [0.3, 0.4) is 0 Å². The Morgan fingerprint density at radius 1 is 1.40 bits per heavy atom. The average Bonchev–Trinajstić information content (AvgIpc) is 2.37. The first-order chi connectivity index (χ1) is 9.41. The largest absolute Gasteiger partial charge is 0.349 e. The third-order valence-corrected chi connectivity index (χ3v) is 4.12. The lowest BCUT2D eigenvalue weighted by molar-refractivity contribution is 0.0903. The van der Waals surface area contributed by atoms with Gasteiger partial charge >= 0.3 is 0 Å². The fraction of sp³-hybridized carbons (Fsp3) is 0.562. The Kier molecular flexibility index (Phi) is 4.33. The van der Waals surface area contributed by atoms with Crippen LogP contribution in [0.2, 0.25) is 0 Å². The van der Waals surface area contributed by atoms with Crippen molar-refractivity contribution in [1.29, 1.82) is 0 Å². The van der Waals surface area contributed by atoms with E-state index >= 15 is 0 Å². The first-order valence-corrected chi connectivity index (χ1v) is 7.29. The second kappa shape index (κ2) is 5.83. The third-order valence-electron chi connectivity index (χ3n) is 4.12. The molecule has 0 aromatic heterocycles. The summed E-state index contributed by atoms with van der Waals surface area (Å²) in [6.07, 6.45) is 4.51. The summed E-state index contributed by atoms with van der Waals surface area (Å²) in [6.45, 7) is 6.51. The standard InChI is InChI=1S/C16H25N3O/c1-11-6-7-14(19-17)13(9-11)15(20)18-12-5-4-8-16(2,3)10-12/h6-7,9,12,19H,4-5,8,10,17H2,1-3H3,(H,18,20). The van der Waals surface area contributed by atoms with E-state index in [-0.39, 0.29) is 11.9 Å². The van der Waals surface area contributed by atoms with Crippen molar-refractivity contribution in [1.82, 2.24) is 5.32 Å². The van der Waals surface area contributed by atoms with Crippen LogP contribution in [0.5, 0.6) is 0 Å². The van der Waals surface area contributed by atoms with Crippen LogP contribution < -0.4 is 16.6 Å². The number of amides is 1. The van der Waals surface area contributed by atoms with Crippen molar-refractivity contribution in [3.8, 4) is 0 Å². The number of carbonyl (C=O) groups excluding carboxylic acids is 1. The number of hydrogen-bond donors (Lipinski definition) is 3. The maximum atomic E-state index is 12.4. The molecule has 20 heavy (non-hydrogen) atoms. The Balaban J connectivity index is 2.10. The first kappa shape index (κ1) is 14.9. The average molecular weight is 275 g/mol. The predicted molar refractivity (Wildman–Crippen MR) is 82.5 cm³/mol. The van der Waals surface area contributed by atoms with Gasteiger partial charge in [-0.3, -0.25) is 10.6 Å². The van der Waals surface area contributed by atoms with E-state index in [9.17, 15) is 4.79 Å². The minimum atomic E-state index is -0.0376. The fourth-order valence-corrected chi connectivity index (χ4v) is 3.06. The Hall–Kier alpha value is -1.55. The van der Waals surface area contributed by atoms with Crippen LogP contribution >= 0.6 is 0 Å². The molecule has 4 nitrogen and oxygen atoms in total. The maximum absolute atomic E-state index is 12.4. The lowest BCUT2D eigenvalue weighted by Gasteiger charge is -2.35. The quantitative estimate of drug-likeness (QED) is 0.587. The molecule has 0 radical (unpaired) electrons. The SMILES string of the molecule is Cc1ccc(NN)c(C(=O)NC2CCCC(C)(C)C2)c1. The summed E-state index contributed by atoms with van der Waals surface area (Å²) in [5.74, 6) is 5.45. The van der Waals surface area contributed by atoms with Crippen molar-refractivity contribution in [2.75, 3.05) is 5.43 Å². The number of anilines is 1. The van der Waals surface area contributed by atoms with Gasteiger partial charge in [0.2, 0.25) is 0 Å². The van der Waals surface area contributed by atoms with Gasteiger partial charge in [-0.25, -0.2) is 0 Å². The number of nitrogen functional groups attached to an aromatic ring is 1. The van der Waals surface area contributed by atoms with Gasteiger partial charge in [0.15, 0.2) is 0 Å². The molecule has 110 valence electrons. The molecule has 0 saturated heterocycles. The summed E-state index contributed by atoms with van der Waals surface area (Å²) in [6, 6.07) is 5.92. The van der Waals surface area contributed by atoms with E-state index in [1.807, 2.05) is 25.1 Å². The Labute approximate surface area is 121 Å². The highest BCUT2D eigenvalue weighted by atomic mass is 16.1. The Morgan fingerprint density at radius 2 is 2.15 bits per heavy atom. The summed E-state index contributed by atoms with van der Waals surface area (Å²) < 4.78 is 0. The summed E-state index contributed by atoms with van der Waals surface area (Å²) in [5.41, 5.74) is 5.26. The predicted octanol–water partition coefficient (Wildman–Crippen LogP) is 2.98. The second-order valence-electron chi connectivity index (χ2n) is 6.62. The molecule has 0 heterocycles. The van der Waals surface area contributed by atoms with Crippen LogP contribution in [0, 0.1) is 12.3 Å². The number of rotatable bonds is 3. The zero-order chi connectivity index (χ0) is 14.8. The molecular weight excluding hydrogens is 250 g/mol. The highest BCUT2D eigenvalue weighted by molar-refractivity contribution is 5.99. The van der Waals surface area contributed by atoms with Crippen molar-refractivity contribution >= 4 is 11.6 Å². The monoisotopic (exact) mass is 275 g/mol. The number of nitrogens with one attached hydrogen (secondary N) is 2. The number of hydrogen-bond acceptors (Lipinski definition) is 3. The topological polar surface area (TPSA) is 67.1 Å². The lowest BCUT2D eigenvalue weighted by Crippen LogP contribution is -2.41. The van der Waals surface area contributed by atoms with Gasteiger partial charge < -0.3 is 10.7 Å². The van der Waals surface area contributed by atoms with Crippen LogP contribution in [0.25, 0.3) is 0 Å². The van der Waals surface area contributed by atoms with Gasteiger partial charge in [-0.05, 0) is 43.7 Å². The minimum Gasteiger partial charge on any atom is -0.349 e. The van der Waals surface area contributed by atoms with Gasteiger partial charge in [-0.1, -0.05) is 31.9 Å². The van der Waals surface area contributed by atoms with Crippen molar-refractivity contribution < 1.29 is 4.79 Å². The Morgan fingerprint density at radius 3 is 2.80 bits per heavy atom. The molecule has 1 amide bonds. The van der Waals surface area contributed by atoms with E-state index in [4.69, 9.17) is 5.84 Å². The van der Waals surface area contributed by atoms with Crippen LogP contribution in [-0.2, 0) is 0 Å². The Bertz CT molecular complexity index is 496. The third kappa shape index (κ3) is 3.51. The molecule has 4 N–H and O–H groups in total. The molecule has 0 bridgehead atoms. The first-order valence-electron chi connectivity index (χ1n) is 7.29. The van der Waals surface area contributed by atoms with Crippen LogP contribution in [0.1, 0.15) is 55.5 Å². The molecule has 1 aliphatic carbocycles. The van der Waals surface area contributed by atoms with E-state index in [0.29, 0.717) is 16.7 Å². The fourth-order valence-electron chi connectivity index (χ4n) is 3.06. The minimum absolute atomic E-state index is 0.0376. The number of hydrazine groups is 1. The van der Waals surface area contributed by atoms with Gasteiger partial charge in [0.05, 0.1) is 11.3 Å². The van der Waals surface area contributed by atoms with Gasteiger partial charge in [0, 0.05) is 6.04 Å². The molecule has 1 aromatic carbocycles. The smallest absolute Gasteiger partial charge is 0.253 e. The highest BCUT2D eigenvalue weighted by Gasteiger charge is 2.29. The summed E-state index contributed by atoms with van der Waals surface area (Å²) in [4.78, 5) is 12.4. The zero-order valence-electron chi connectivity index (χ0n) is 12.6. The molecule has 0 spiro atoms. The van der Waals surface area contributed by atoms with E-state index in [0.717, 1.165) is 18.4 Å². The van der Waals surface area contributed by atoms with Gasteiger partial charge in [0.25, 0.3) is 5.91 Å². The molecule has 1 aromatic rings. The summed E-state index contributed by atoms with van der Waals surface area (Å²) in [7, 11) is 0. The lowest BCUT2D eigenvalue weighted by atomic mass is 9.75. The molecular formula is C16H25N3O. The van der Waals surface area contributed by atoms with Crippen LogP contribution in [0.4, 0.5) is 5.69 Å². The molecule has 2 rings (SSSR count). The van der Waals surface area contributed by atoms with Crippen molar-refractivity contribution in [2.24, 2.45) is 11.3 Å². The van der Waals surface area contributed by atoms with E-state index in [1.165, 1.54) is 12.8 Å². The van der Waals surface area contributed by atoms with E-state index in [1.54, 1.807) is 0 Å². The van der Waals surface area contributed by atoms with Crippen LogP contribution in [-0.4, -0.2) is 11.9 Å². The normalized spacial score (nSPS) is 21.3. The molecule has 1 atom stereocenters. The highest BCUT2D eigenvalue weighted by Crippen LogP contribution is 2.35. The van der Waals surface area contributed by atoms with Crippen molar-refractivity contribution in [3.63, 3.8) is 0 Å². The number of benzene rings is 1. The number of aryl methyl sites for hydroxylation is 1. The number of carbonyl (C=O) groups is 1. The van der Waals surface area contributed by atoms with Crippen molar-refractivity contribution in [3.05, 3.63) is 29.3 Å². The van der Waals surface area contributed by atoms with Gasteiger partial charge in [-0.2, -0.15) is 0 Å². The summed E-state index contributed by atoms with van der Waals surface area (Å²) in [5, 5.41) is 3.16. The molecule has 1 aliphatic rings. The van der Waals surface area contributed by atoms with Crippen LogP contribution in [0.15, 0.2) is 18.2 Å². The number of nitrogens with two attached hydrogens (primary N) is 1. The van der Waals surface area contributed by atoms with E-state index in [2.05, 4.69) is 24.6 Å². The molecule has 1 saturated carbocycles. The van der Waals surface area contributed by atoms with E-state index < -0.39 is 0 Å². The summed E-state index contributed by atoms with van der Waals surface area (Å²) >= 11 is 0. The molecule has 0 aliphatic heterocycles. The molecule has 1 unspecified atom stereocenters.